The van der Waals surface area contributed by atoms with Crippen LogP contribution in [0.1, 0.15) is 56.8 Å². The van der Waals surface area contributed by atoms with E-state index in [1.807, 2.05) is 21.9 Å². The summed E-state index contributed by atoms with van der Waals surface area (Å²) in [5.41, 5.74) is 2.25. The predicted octanol–water partition coefficient (Wildman–Crippen LogP) is 5.42. The fourth-order valence-corrected chi connectivity index (χ4v) is 6.31. The smallest absolute Gasteiger partial charge is 0.256 e. The Balaban J connectivity index is 1.46. The number of benzene rings is 2. The molecule has 5 rings (SSSR count). The lowest BCUT2D eigenvalue weighted by molar-refractivity contribution is -0.136. The van der Waals surface area contributed by atoms with E-state index in [0.29, 0.717) is 67.0 Å². The quantitative estimate of drug-likeness (QED) is 0.508. The van der Waals surface area contributed by atoms with Crippen molar-refractivity contribution in [2.45, 2.75) is 52.5 Å². The number of piperazine rings is 1. The molecule has 0 aromatic heterocycles. The summed E-state index contributed by atoms with van der Waals surface area (Å²) in [6.07, 6.45) is 3.75. The second-order valence-electron chi connectivity index (χ2n) is 12.8. The summed E-state index contributed by atoms with van der Waals surface area (Å²) in [5.74, 6) is 0.192. The van der Waals surface area contributed by atoms with Gasteiger partial charge in [-0.25, -0.2) is 4.39 Å². The number of amides is 2. The third kappa shape index (κ3) is 7.22. The van der Waals surface area contributed by atoms with Gasteiger partial charge in [-0.2, -0.15) is 0 Å². The Morgan fingerprint density at radius 3 is 2.61 bits per heavy atom. The largest absolute Gasteiger partial charge is 0.359 e. The van der Waals surface area contributed by atoms with Gasteiger partial charge in [0.15, 0.2) is 0 Å². The van der Waals surface area contributed by atoms with Crippen molar-refractivity contribution in [1.29, 1.82) is 0 Å². The molecule has 1 unspecified atom stereocenters. The lowest BCUT2D eigenvalue weighted by Gasteiger charge is -2.41. The van der Waals surface area contributed by atoms with Crippen molar-refractivity contribution in [1.82, 2.24) is 15.1 Å². The fourth-order valence-electron chi connectivity index (χ4n) is 6.15. The molecule has 2 fully saturated rings. The van der Waals surface area contributed by atoms with Crippen LogP contribution in [0.4, 0.5) is 10.1 Å². The normalized spacial score (nSPS) is 20.7. The summed E-state index contributed by atoms with van der Waals surface area (Å²) in [6.45, 7) is 11.1. The summed E-state index contributed by atoms with van der Waals surface area (Å²) in [7, 11) is 0. The Kier molecular flexibility index (Phi) is 9.21. The third-order valence-electron chi connectivity index (χ3n) is 8.41. The average Bonchev–Trinajstić information content (AvgIpc) is 2.98. The minimum Gasteiger partial charge on any atom is -0.359 e. The Hall–Kier alpha value is -2.68. The summed E-state index contributed by atoms with van der Waals surface area (Å²) < 4.78 is 21.2. The van der Waals surface area contributed by atoms with E-state index in [1.165, 1.54) is 6.07 Å². The van der Waals surface area contributed by atoms with E-state index in [9.17, 15) is 14.0 Å². The Bertz CT molecular complexity index is 1260. The maximum absolute atomic E-state index is 14.9. The van der Waals surface area contributed by atoms with Gasteiger partial charge in [0.05, 0.1) is 23.9 Å². The van der Waals surface area contributed by atoms with Crippen LogP contribution in [0.5, 0.6) is 0 Å². The Morgan fingerprint density at radius 1 is 1.10 bits per heavy atom. The lowest BCUT2D eigenvalue weighted by Crippen LogP contribution is -2.58. The number of hydrogen-bond acceptors (Lipinski definition) is 5. The highest BCUT2D eigenvalue weighted by Crippen LogP contribution is 2.33. The summed E-state index contributed by atoms with van der Waals surface area (Å²) in [5, 5.41) is 3.75. The monoisotopic (exact) mass is 584 g/mol. The van der Waals surface area contributed by atoms with Crippen LogP contribution in [0.2, 0.25) is 5.02 Å². The first-order chi connectivity index (χ1) is 19.6. The second-order valence-corrected chi connectivity index (χ2v) is 13.3. The van der Waals surface area contributed by atoms with Crippen molar-refractivity contribution in [3.8, 4) is 11.1 Å². The zero-order valence-electron chi connectivity index (χ0n) is 24.4. The number of halogens is 2. The van der Waals surface area contributed by atoms with E-state index in [0.717, 1.165) is 44.6 Å². The summed E-state index contributed by atoms with van der Waals surface area (Å²) in [6, 6.07) is 9.95. The van der Waals surface area contributed by atoms with E-state index in [4.69, 9.17) is 16.3 Å². The van der Waals surface area contributed by atoms with Gasteiger partial charge in [0.25, 0.3) is 5.91 Å². The first-order valence-electron chi connectivity index (χ1n) is 14.8. The molecule has 2 aromatic carbocycles. The van der Waals surface area contributed by atoms with Crippen LogP contribution in [-0.4, -0.2) is 80.3 Å². The van der Waals surface area contributed by atoms with Crippen molar-refractivity contribution >= 4 is 29.1 Å². The second kappa shape index (κ2) is 12.7. The summed E-state index contributed by atoms with van der Waals surface area (Å²) in [4.78, 5) is 33.2. The van der Waals surface area contributed by atoms with Gasteiger partial charge in [-0.1, -0.05) is 38.4 Å². The fraction of sp³-hybridized carbons (Fsp3) is 0.562. The summed E-state index contributed by atoms with van der Waals surface area (Å²) >= 11 is 6.01. The van der Waals surface area contributed by atoms with Crippen LogP contribution in [0.15, 0.2) is 36.4 Å². The van der Waals surface area contributed by atoms with Gasteiger partial charge in [-0.3, -0.25) is 9.59 Å². The zero-order chi connectivity index (χ0) is 29.1. The molecule has 3 heterocycles. The molecule has 2 saturated heterocycles. The van der Waals surface area contributed by atoms with Crippen molar-refractivity contribution in [2.24, 2.45) is 11.3 Å². The molecule has 0 saturated carbocycles. The van der Waals surface area contributed by atoms with Crippen LogP contribution in [0, 0.1) is 17.2 Å². The number of ether oxygens (including phenoxy) is 1. The van der Waals surface area contributed by atoms with Gasteiger partial charge >= 0.3 is 0 Å². The molecule has 1 N–H and O–H groups in total. The molecule has 222 valence electrons. The first-order valence-corrected chi connectivity index (χ1v) is 15.2. The minimum absolute atomic E-state index is 0.106. The van der Waals surface area contributed by atoms with Crippen molar-refractivity contribution in [3.05, 3.63) is 52.8 Å². The maximum atomic E-state index is 14.9. The number of nitrogens with zero attached hydrogens (tertiary/aromatic N) is 3. The minimum atomic E-state index is -0.428. The van der Waals surface area contributed by atoms with Crippen molar-refractivity contribution in [2.75, 3.05) is 57.5 Å². The topological polar surface area (TPSA) is 65.1 Å². The first kappa shape index (κ1) is 29.8. The number of anilines is 1. The van der Waals surface area contributed by atoms with Gasteiger partial charge in [-0.15, -0.1) is 0 Å². The highest BCUT2D eigenvalue weighted by molar-refractivity contribution is 6.30. The van der Waals surface area contributed by atoms with Crippen molar-refractivity contribution in [3.63, 3.8) is 0 Å². The molecule has 3 aliphatic heterocycles. The van der Waals surface area contributed by atoms with Gasteiger partial charge in [0.2, 0.25) is 5.91 Å². The zero-order valence-corrected chi connectivity index (χ0v) is 25.2. The van der Waals surface area contributed by atoms with Gasteiger partial charge < -0.3 is 24.8 Å². The van der Waals surface area contributed by atoms with Crippen molar-refractivity contribution < 1.29 is 18.7 Å². The molecule has 2 aromatic rings. The molecule has 0 spiro atoms. The molecule has 3 aliphatic rings. The third-order valence-corrected chi connectivity index (χ3v) is 8.65. The number of hydrogen-bond donors (Lipinski definition) is 1. The Labute approximate surface area is 248 Å². The molecule has 0 aliphatic carbocycles. The average molecular weight is 585 g/mol. The number of fused-ring (bicyclic) bond motifs is 2. The number of nitrogens with one attached hydrogen (secondary N) is 1. The lowest BCUT2D eigenvalue weighted by atomic mass is 9.91. The standard InChI is InChI=1S/C32H42ClFN4O3/c1-32(2,3)18-30(39)36-14-15-38-25(19-36)20-41-21-37(13-10-22-8-11-35-12-9-22)29-7-4-23(16-27(29)31(38)40)26-6-5-24(33)17-28(26)34/h4-7,16-17,22,25,35H,8-15,18-21H2,1-3H3. The van der Waals surface area contributed by atoms with E-state index >= 15 is 0 Å². The van der Waals surface area contributed by atoms with E-state index in [1.54, 1.807) is 18.2 Å². The number of rotatable bonds is 5. The SMILES string of the molecule is CC(C)(C)CC(=O)N1CCN2C(=O)c3cc(-c4ccc(Cl)cc4F)ccc3N(CCC3CCNCC3)COCC2C1. The number of piperidine rings is 1. The van der Waals surface area contributed by atoms with E-state index in [-0.39, 0.29) is 23.3 Å². The molecule has 9 heteroatoms. The van der Waals surface area contributed by atoms with Gasteiger partial charge in [-0.05, 0) is 79.6 Å². The predicted molar refractivity (Wildman–Crippen MR) is 161 cm³/mol. The van der Waals surface area contributed by atoms with Gasteiger partial charge in [0, 0.05) is 43.2 Å². The Morgan fingerprint density at radius 2 is 1.88 bits per heavy atom. The molecule has 7 nitrogen and oxygen atoms in total. The highest BCUT2D eigenvalue weighted by Gasteiger charge is 2.36. The van der Waals surface area contributed by atoms with E-state index in [2.05, 4.69) is 31.0 Å². The molecule has 1 atom stereocenters. The molecule has 0 bridgehead atoms. The number of carbonyl (C=O) groups excluding carboxylic acids is 2. The van der Waals surface area contributed by atoms with Crippen LogP contribution in [-0.2, 0) is 9.53 Å². The number of carbonyl (C=O) groups is 2. The molecule has 2 amide bonds. The molecular weight excluding hydrogens is 543 g/mol. The molecule has 41 heavy (non-hydrogen) atoms. The molecular formula is C32H42ClFN4O3. The molecule has 0 radical (unpaired) electrons. The van der Waals surface area contributed by atoms with Crippen LogP contribution >= 0.6 is 11.6 Å². The van der Waals surface area contributed by atoms with E-state index < -0.39 is 5.82 Å². The van der Waals surface area contributed by atoms with Gasteiger partial charge in [0.1, 0.15) is 12.5 Å². The highest BCUT2D eigenvalue weighted by atomic mass is 35.5. The van der Waals surface area contributed by atoms with Crippen LogP contribution < -0.4 is 10.2 Å². The van der Waals surface area contributed by atoms with Crippen LogP contribution in [0.25, 0.3) is 11.1 Å². The van der Waals surface area contributed by atoms with Crippen LogP contribution in [0.3, 0.4) is 0 Å². The maximum Gasteiger partial charge on any atom is 0.256 e.